The number of fused-ring (bicyclic) bond motifs is 2. The van der Waals surface area contributed by atoms with Crippen molar-refractivity contribution in [1.82, 2.24) is 0 Å². The lowest BCUT2D eigenvalue weighted by Crippen LogP contribution is -2.21. The third kappa shape index (κ3) is 2.52. The minimum atomic E-state index is -0.252. The molecule has 0 aromatic heterocycles. The van der Waals surface area contributed by atoms with Gasteiger partial charge < -0.3 is 5.32 Å². The quantitative estimate of drug-likeness (QED) is 0.599. The molecule has 0 aliphatic heterocycles. The molecule has 1 aliphatic carbocycles. The first-order valence-electron chi connectivity index (χ1n) is 8.26. The summed E-state index contributed by atoms with van der Waals surface area (Å²) in [6.07, 6.45) is 0. The van der Waals surface area contributed by atoms with Crippen molar-refractivity contribution in [2.24, 2.45) is 0 Å². The van der Waals surface area contributed by atoms with Crippen LogP contribution in [0.15, 0.2) is 66.7 Å². The number of hydrogen-bond acceptors (Lipinski definition) is 3. The molecule has 1 aliphatic rings. The van der Waals surface area contributed by atoms with E-state index in [1.165, 1.54) is 0 Å². The molecule has 0 saturated heterocycles. The predicted molar refractivity (Wildman–Crippen MR) is 98.9 cm³/mol. The molecule has 126 valence electrons. The van der Waals surface area contributed by atoms with E-state index in [1.54, 1.807) is 54.6 Å². The molecule has 4 rings (SSSR count). The number of ketones is 2. The number of anilines is 1. The highest BCUT2D eigenvalue weighted by Gasteiger charge is 2.29. The summed E-state index contributed by atoms with van der Waals surface area (Å²) in [5.41, 5.74) is 3.41. The molecule has 3 aromatic rings. The van der Waals surface area contributed by atoms with Gasteiger partial charge in [0, 0.05) is 33.5 Å². The smallest absolute Gasteiger partial charge is 0.255 e. The van der Waals surface area contributed by atoms with E-state index in [4.69, 9.17) is 0 Å². The first kappa shape index (κ1) is 16.0. The Balaban J connectivity index is 1.70. The fraction of sp³-hybridized carbons (Fsp3) is 0.0455. The number of carbonyl (C=O) groups excluding carboxylic acids is 3. The monoisotopic (exact) mass is 341 g/mol. The van der Waals surface area contributed by atoms with Crippen molar-refractivity contribution in [2.45, 2.75) is 6.92 Å². The molecule has 3 aromatic carbocycles. The standard InChI is InChI=1S/C22H15NO3/c1-13-6-2-3-7-15(13)22(26)23-14-10-11-18-19(12-14)21(25)17-9-5-4-8-16(17)20(18)24/h2-12H,1H3,(H,23,26). The Labute approximate surface area is 150 Å². The SMILES string of the molecule is Cc1ccccc1C(=O)Nc1ccc2c(c1)C(=O)c1ccccc1C2=O. The predicted octanol–water partition coefficient (Wildman–Crippen LogP) is 4.02. The zero-order chi connectivity index (χ0) is 18.3. The van der Waals surface area contributed by atoms with Crippen LogP contribution >= 0.6 is 0 Å². The van der Waals surface area contributed by atoms with E-state index in [0.717, 1.165) is 5.56 Å². The van der Waals surface area contributed by atoms with Gasteiger partial charge in [-0.1, -0.05) is 42.5 Å². The van der Waals surface area contributed by atoms with Crippen LogP contribution in [0.2, 0.25) is 0 Å². The number of benzene rings is 3. The highest BCUT2D eigenvalue weighted by atomic mass is 16.2. The van der Waals surface area contributed by atoms with Crippen molar-refractivity contribution in [3.05, 3.63) is 100 Å². The average Bonchev–Trinajstić information content (AvgIpc) is 2.66. The van der Waals surface area contributed by atoms with E-state index in [2.05, 4.69) is 5.32 Å². The first-order chi connectivity index (χ1) is 12.6. The number of hydrogen-bond donors (Lipinski definition) is 1. The fourth-order valence-corrected chi connectivity index (χ4v) is 3.20. The normalized spacial score (nSPS) is 12.3. The van der Waals surface area contributed by atoms with Gasteiger partial charge in [0.2, 0.25) is 0 Å². The van der Waals surface area contributed by atoms with Crippen LogP contribution in [-0.2, 0) is 0 Å². The van der Waals surface area contributed by atoms with E-state index >= 15 is 0 Å². The van der Waals surface area contributed by atoms with Crippen molar-refractivity contribution in [2.75, 3.05) is 5.32 Å². The topological polar surface area (TPSA) is 63.2 Å². The van der Waals surface area contributed by atoms with Gasteiger partial charge in [-0.15, -0.1) is 0 Å². The molecular formula is C22H15NO3. The molecule has 1 N–H and O–H groups in total. The van der Waals surface area contributed by atoms with E-state index in [0.29, 0.717) is 33.5 Å². The maximum atomic E-state index is 12.8. The van der Waals surface area contributed by atoms with Gasteiger partial charge in [-0.2, -0.15) is 0 Å². The minimum Gasteiger partial charge on any atom is -0.322 e. The van der Waals surface area contributed by atoms with Crippen LogP contribution in [0.4, 0.5) is 5.69 Å². The molecule has 0 spiro atoms. The Morgan fingerprint density at radius 3 is 2.00 bits per heavy atom. The summed E-state index contributed by atoms with van der Waals surface area (Å²) in [4.78, 5) is 37.8. The molecule has 0 unspecified atom stereocenters. The maximum absolute atomic E-state index is 12.8. The number of rotatable bonds is 2. The number of amides is 1. The van der Waals surface area contributed by atoms with Gasteiger partial charge in [0.25, 0.3) is 5.91 Å². The highest BCUT2D eigenvalue weighted by molar-refractivity contribution is 6.28. The fourth-order valence-electron chi connectivity index (χ4n) is 3.20. The average molecular weight is 341 g/mol. The van der Waals surface area contributed by atoms with Crippen molar-refractivity contribution < 1.29 is 14.4 Å². The summed E-state index contributed by atoms with van der Waals surface area (Å²) in [7, 11) is 0. The van der Waals surface area contributed by atoms with Crippen molar-refractivity contribution in [1.29, 1.82) is 0 Å². The van der Waals surface area contributed by atoms with Gasteiger partial charge in [0.1, 0.15) is 0 Å². The molecule has 0 atom stereocenters. The van der Waals surface area contributed by atoms with Crippen molar-refractivity contribution in [3.63, 3.8) is 0 Å². The summed E-state index contributed by atoms with van der Waals surface area (Å²) in [5.74, 6) is -0.632. The van der Waals surface area contributed by atoms with Crippen LogP contribution < -0.4 is 5.32 Å². The molecule has 0 heterocycles. The molecule has 0 radical (unpaired) electrons. The summed E-state index contributed by atoms with van der Waals surface area (Å²) < 4.78 is 0. The Morgan fingerprint density at radius 1 is 0.731 bits per heavy atom. The minimum absolute atomic E-state index is 0.174. The molecule has 26 heavy (non-hydrogen) atoms. The third-order valence-corrected chi connectivity index (χ3v) is 4.57. The molecular weight excluding hydrogens is 326 g/mol. The van der Waals surface area contributed by atoms with E-state index in [-0.39, 0.29) is 17.5 Å². The number of nitrogens with one attached hydrogen (secondary N) is 1. The van der Waals surface area contributed by atoms with Gasteiger partial charge in [0.15, 0.2) is 11.6 Å². The van der Waals surface area contributed by atoms with Crippen LogP contribution in [0, 0.1) is 6.92 Å². The third-order valence-electron chi connectivity index (χ3n) is 4.57. The molecule has 1 amide bonds. The lowest BCUT2D eigenvalue weighted by molar-refractivity contribution is 0.0979. The second-order valence-electron chi connectivity index (χ2n) is 6.23. The van der Waals surface area contributed by atoms with E-state index < -0.39 is 0 Å². The van der Waals surface area contributed by atoms with Crippen LogP contribution in [-0.4, -0.2) is 17.5 Å². The van der Waals surface area contributed by atoms with E-state index in [9.17, 15) is 14.4 Å². The highest BCUT2D eigenvalue weighted by Crippen LogP contribution is 2.29. The molecule has 0 saturated carbocycles. The second-order valence-corrected chi connectivity index (χ2v) is 6.23. The van der Waals surface area contributed by atoms with Crippen LogP contribution in [0.5, 0.6) is 0 Å². The summed E-state index contributed by atoms with van der Waals surface area (Å²) in [6.45, 7) is 1.86. The van der Waals surface area contributed by atoms with Crippen LogP contribution in [0.3, 0.4) is 0 Å². The largest absolute Gasteiger partial charge is 0.322 e. The zero-order valence-corrected chi connectivity index (χ0v) is 14.1. The van der Waals surface area contributed by atoms with Crippen molar-refractivity contribution in [3.8, 4) is 0 Å². The summed E-state index contributed by atoms with van der Waals surface area (Å²) in [6, 6.07) is 18.9. The Kier molecular flexibility index (Phi) is 3.73. The van der Waals surface area contributed by atoms with Gasteiger partial charge in [-0.25, -0.2) is 0 Å². The molecule has 4 heteroatoms. The lowest BCUT2D eigenvalue weighted by atomic mass is 9.84. The molecule has 0 bridgehead atoms. The Hall–Kier alpha value is -3.53. The first-order valence-corrected chi connectivity index (χ1v) is 8.26. The second kappa shape index (κ2) is 6.08. The van der Waals surface area contributed by atoms with Gasteiger partial charge in [-0.05, 0) is 36.8 Å². The Bertz CT molecular complexity index is 1080. The van der Waals surface area contributed by atoms with Crippen LogP contribution in [0.1, 0.15) is 47.8 Å². The summed E-state index contributed by atoms with van der Waals surface area (Å²) in [5, 5.41) is 2.81. The Morgan fingerprint density at radius 2 is 1.31 bits per heavy atom. The van der Waals surface area contributed by atoms with Gasteiger partial charge in [-0.3, -0.25) is 14.4 Å². The number of carbonyl (C=O) groups is 3. The van der Waals surface area contributed by atoms with Crippen molar-refractivity contribution >= 4 is 23.2 Å². The lowest BCUT2D eigenvalue weighted by Gasteiger charge is -2.18. The number of aryl methyl sites for hydroxylation is 1. The zero-order valence-electron chi connectivity index (χ0n) is 14.1. The molecule has 0 fully saturated rings. The van der Waals surface area contributed by atoms with Gasteiger partial charge >= 0.3 is 0 Å². The summed E-state index contributed by atoms with van der Waals surface area (Å²) >= 11 is 0. The maximum Gasteiger partial charge on any atom is 0.255 e. The molecule has 4 nitrogen and oxygen atoms in total. The van der Waals surface area contributed by atoms with Gasteiger partial charge in [0.05, 0.1) is 0 Å². The van der Waals surface area contributed by atoms with E-state index in [1.807, 2.05) is 19.1 Å². The van der Waals surface area contributed by atoms with Crippen LogP contribution in [0.25, 0.3) is 0 Å².